The average Bonchev–Trinajstić information content (AvgIpc) is 3.70. The third-order valence-electron chi connectivity index (χ3n) is 9.51. The Hall–Kier alpha value is -8.35. The number of fused-ring (bicyclic) bond motifs is 6. The van der Waals surface area contributed by atoms with E-state index in [-0.39, 0.29) is 44.8 Å². The minimum Gasteiger partial charge on any atom is -0.308 e. The normalized spacial score (nSPS) is 11.1. The summed E-state index contributed by atoms with van der Waals surface area (Å²) in [5.41, 5.74) is 1.65. The highest BCUT2D eigenvalue weighted by Gasteiger charge is 2.35. The van der Waals surface area contributed by atoms with Crippen molar-refractivity contribution in [1.29, 1.82) is 31.6 Å². The van der Waals surface area contributed by atoms with Crippen LogP contribution in [-0.2, 0) is 6.18 Å². The van der Waals surface area contributed by atoms with Gasteiger partial charge in [0, 0.05) is 27.1 Å². The first-order valence-corrected chi connectivity index (χ1v) is 16.1. The summed E-state index contributed by atoms with van der Waals surface area (Å²) < 4.78 is 48.4. The fourth-order valence-corrected chi connectivity index (χ4v) is 7.17. The van der Waals surface area contributed by atoms with Crippen LogP contribution in [0.15, 0.2) is 103 Å². The number of halogens is 3. The number of benzene rings is 6. The van der Waals surface area contributed by atoms with Crippen LogP contribution in [0.2, 0.25) is 0 Å². The van der Waals surface area contributed by atoms with Crippen molar-refractivity contribution in [2.75, 3.05) is 0 Å². The molecule has 0 radical (unpaired) electrons. The second-order valence-corrected chi connectivity index (χ2v) is 12.4. The first-order chi connectivity index (χ1) is 26.1. The van der Waals surface area contributed by atoms with Crippen LogP contribution in [0.25, 0.3) is 66.1 Å². The van der Waals surface area contributed by atoms with Crippen LogP contribution < -0.4 is 0 Å². The van der Waals surface area contributed by atoms with Gasteiger partial charge in [0.15, 0.2) is 0 Å². The molecular weight excluding hydrogens is 686 g/mol. The largest absolute Gasteiger partial charge is 0.417 e. The minimum absolute atomic E-state index is 0.00668. The predicted molar refractivity (Wildman–Crippen MR) is 194 cm³/mol. The molecule has 2 aromatic heterocycles. The smallest absolute Gasteiger partial charge is 0.308 e. The number of hydrogen-bond acceptors (Lipinski definition) is 6. The SMILES string of the molecule is N#Cc1ccc(-c2cc(-n3c4cc(C#N)ccc4c4ccc(C#N)cc43)c(C#N)cc2-n2c3cc(C#N)ccc3c3ccc(C#N)cc32)c(C(F)(F)F)c1. The highest BCUT2D eigenvalue weighted by atomic mass is 19.4. The van der Waals surface area contributed by atoms with Gasteiger partial charge in [-0.25, -0.2) is 0 Å². The molecule has 6 aromatic carbocycles. The van der Waals surface area contributed by atoms with Crippen LogP contribution in [0, 0.1) is 68.0 Å². The molecule has 0 aliphatic carbocycles. The Bertz CT molecular complexity index is 3090. The van der Waals surface area contributed by atoms with Crippen LogP contribution in [0.5, 0.6) is 0 Å². The number of aromatic nitrogens is 2. The molecule has 0 N–H and O–H groups in total. The minimum atomic E-state index is -4.92. The second-order valence-electron chi connectivity index (χ2n) is 12.4. The molecule has 54 heavy (non-hydrogen) atoms. The zero-order chi connectivity index (χ0) is 37.9. The number of alkyl halides is 3. The molecule has 0 bridgehead atoms. The van der Waals surface area contributed by atoms with Crippen LogP contribution in [0.3, 0.4) is 0 Å². The average molecular weight is 703 g/mol. The van der Waals surface area contributed by atoms with E-state index in [9.17, 15) is 31.6 Å². The van der Waals surface area contributed by atoms with Crippen LogP contribution in [0.1, 0.15) is 38.9 Å². The fourth-order valence-electron chi connectivity index (χ4n) is 7.17. The highest BCUT2D eigenvalue weighted by Crippen LogP contribution is 2.45. The van der Waals surface area contributed by atoms with E-state index in [1.807, 2.05) is 0 Å². The maximum Gasteiger partial charge on any atom is 0.417 e. The summed E-state index contributed by atoms with van der Waals surface area (Å²) in [6, 6.07) is 38.4. The molecule has 0 saturated carbocycles. The van der Waals surface area contributed by atoms with Gasteiger partial charge in [-0.15, -0.1) is 0 Å². The van der Waals surface area contributed by atoms with E-state index < -0.39 is 11.7 Å². The van der Waals surface area contributed by atoms with Gasteiger partial charge in [0.05, 0.1) is 103 Å². The molecule has 2 heterocycles. The van der Waals surface area contributed by atoms with Crippen molar-refractivity contribution in [3.63, 3.8) is 0 Å². The van der Waals surface area contributed by atoms with Gasteiger partial charge in [0.25, 0.3) is 0 Å². The van der Waals surface area contributed by atoms with Gasteiger partial charge in [0.1, 0.15) is 6.07 Å². The van der Waals surface area contributed by atoms with Gasteiger partial charge in [-0.1, -0.05) is 30.3 Å². The Balaban J connectivity index is 1.61. The van der Waals surface area contributed by atoms with Gasteiger partial charge in [0.2, 0.25) is 0 Å². The molecule has 0 amide bonds. The summed E-state index contributed by atoms with van der Waals surface area (Å²) >= 11 is 0. The lowest BCUT2D eigenvalue weighted by Crippen LogP contribution is -2.10. The van der Waals surface area contributed by atoms with Crippen molar-refractivity contribution in [2.24, 2.45) is 0 Å². The molecule has 250 valence electrons. The van der Waals surface area contributed by atoms with Crippen molar-refractivity contribution < 1.29 is 13.2 Å². The number of nitriles is 6. The summed E-state index contributed by atoms with van der Waals surface area (Å²) in [6.45, 7) is 0. The van der Waals surface area contributed by atoms with Crippen LogP contribution in [0.4, 0.5) is 13.2 Å². The van der Waals surface area contributed by atoms with E-state index in [1.54, 1.807) is 88.0 Å². The van der Waals surface area contributed by atoms with E-state index >= 15 is 13.2 Å². The van der Waals surface area contributed by atoms with Gasteiger partial charge in [-0.05, 0) is 78.4 Å². The van der Waals surface area contributed by atoms with Crippen LogP contribution in [-0.4, -0.2) is 9.13 Å². The third kappa shape index (κ3) is 4.95. The summed E-state index contributed by atoms with van der Waals surface area (Å²) in [6.07, 6.45) is -4.92. The van der Waals surface area contributed by atoms with Gasteiger partial charge >= 0.3 is 6.18 Å². The Morgan fingerprint density at radius 1 is 0.389 bits per heavy atom. The van der Waals surface area contributed by atoms with Gasteiger partial charge < -0.3 is 9.13 Å². The quantitative estimate of drug-likeness (QED) is 0.179. The topological polar surface area (TPSA) is 153 Å². The first kappa shape index (κ1) is 32.8. The lowest BCUT2D eigenvalue weighted by atomic mass is 9.93. The molecule has 8 nitrogen and oxygen atoms in total. The highest BCUT2D eigenvalue weighted by molar-refractivity contribution is 6.12. The van der Waals surface area contributed by atoms with Crippen molar-refractivity contribution >= 4 is 43.6 Å². The lowest BCUT2D eigenvalue weighted by molar-refractivity contribution is -0.137. The zero-order valence-corrected chi connectivity index (χ0v) is 27.5. The number of nitrogens with zero attached hydrogens (tertiary/aromatic N) is 8. The predicted octanol–water partition coefficient (Wildman–Crippen LogP) is 9.80. The summed E-state index contributed by atoms with van der Waals surface area (Å²) in [5, 5.41) is 62.4. The Morgan fingerprint density at radius 3 is 1.13 bits per heavy atom. The number of rotatable bonds is 3. The second kappa shape index (κ2) is 12.2. The molecule has 0 spiro atoms. The summed E-state index contributed by atoms with van der Waals surface area (Å²) in [4.78, 5) is 0. The molecule has 11 heteroatoms. The fraction of sp³-hybridized carbons (Fsp3) is 0.0233. The molecule has 0 fully saturated rings. The van der Waals surface area contributed by atoms with Crippen molar-refractivity contribution in [3.05, 3.63) is 142 Å². The molecule has 0 aliphatic heterocycles. The van der Waals surface area contributed by atoms with Gasteiger partial charge in [-0.2, -0.15) is 44.7 Å². The van der Waals surface area contributed by atoms with Gasteiger partial charge in [-0.3, -0.25) is 0 Å². The van der Waals surface area contributed by atoms with Crippen molar-refractivity contribution in [1.82, 2.24) is 9.13 Å². The van der Waals surface area contributed by atoms with Crippen LogP contribution >= 0.6 is 0 Å². The molecule has 0 saturated heterocycles. The maximum absolute atomic E-state index is 15.0. The van der Waals surface area contributed by atoms with E-state index in [1.165, 1.54) is 24.3 Å². The molecule has 0 aliphatic rings. The molecule has 0 unspecified atom stereocenters. The Kier molecular flexibility index (Phi) is 7.39. The number of hydrogen-bond donors (Lipinski definition) is 0. The van der Waals surface area contributed by atoms with E-state index in [0.29, 0.717) is 54.7 Å². The standard InChI is InChI=1S/C43H17F3N8/c44-43(45,46)36-11-24(18-47)1-6-30(36)35-17-37(53-38-12-25(19-48)2-7-31(38)32-8-3-26(20-49)13-39(32)53)29(23-52)16-42(35)54-40-14-27(21-50)4-9-33(40)34-10-5-28(22-51)15-41(34)54/h1-17H. The maximum atomic E-state index is 15.0. The summed E-state index contributed by atoms with van der Waals surface area (Å²) in [5.74, 6) is 0. The van der Waals surface area contributed by atoms with Crippen molar-refractivity contribution in [3.8, 4) is 58.9 Å². The molecular formula is C43H17F3N8. The monoisotopic (exact) mass is 702 g/mol. The molecule has 0 atom stereocenters. The third-order valence-corrected chi connectivity index (χ3v) is 9.51. The summed E-state index contributed by atoms with van der Waals surface area (Å²) in [7, 11) is 0. The molecule has 8 rings (SSSR count). The van der Waals surface area contributed by atoms with E-state index in [4.69, 9.17) is 0 Å². The van der Waals surface area contributed by atoms with E-state index in [2.05, 4.69) is 30.3 Å². The lowest BCUT2D eigenvalue weighted by Gasteiger charge is -2.21. The van der Waals surface area contributed by atoms with Crippen molar-refractivity contribution in [2.45, 2.75) is 6.18 Å². The Morgan fingerprint density at radius 2 is 0.759 bits per heavy atom. The Labute approximate surface area is 304 Å². The molecule has 8 aromatic rings. The first-order valence-electron chi connectivity index (χ1n) is 16.1. The zero-order valence-electron chi connectivity index (χ0n) is 27.5. The van der Waals surface area contributed by atoms with E-state index in [0.717, 1.165) is 6.07 Å².